The third-order valence-electron chi connectivity index (χ3n) is 2.00. The zero-order valence-corrected chi connectivity index (χ0v) is 9.83. The van der Waals surface area contributed by atoms with Gasteiger partial charge in [0.05, 0.1) is 0 Å². The number of rotatable bonds is 3. The highest BCUT2D eigenvalue weighted by Crippen LogP contribution is 2.20. The Kier molecular flexibility index (Phi) is 3.88. The second-order valence-electron chi connectivity index (χ2n) is 4.83. The van der Waals surface area contributed by atoms with Crippen LogP contribution < -0.4 is 5.73 Å². The molecule has 0 spiro atoms. The average molecular weight is 217 g/mol. The van der Waals surface area contributed by atoms with Crippen molar-refractivity contribution in [1.82, 2.24) is 0 Å². The van der Waals surface area contributed by atoms with E-state index in [0.717, 1.165) is 0 Å². The van der Waals surface area contributed by atoms with Crippen molar-refractivity contribution >= 4 is 11.9 Å². The number of aliphatic carboxylic acids is 1. The summed E-state index contributed by atoms with van der Waals surface area (Å²) in [6.07, 6.45) is 0. The van der Waals surface area contributed by atoms with Gasteiger partial charge in [0.15, 0.2) is 0 Å². The van der Waals surface area contributed by atoms with E-state index in [0.29, 0.717) is 0 Å². The fourth-order valence-corrected chi connectivity index (χ4v) is 0.932. The lowest BCUT2D eigenvalue weighted by Crippen LogP contribution is -2.60. The van der Waals surface area contributed by atoms with E-state index in [2.05, 4.69) is 0 Å². The second kappa shape index (κ2) is 4.18. The van der Waals surface area contributed by atoms with Gasteiger partial charge in [0, 0.05) is 0 Å². The molecule has 0 rings (SSSR count). The number of carboxylic acids is 1. The highest BCUT2D eigenvalue weighted by Gasteiger charge is 2.48. The maximum Gasteiger partial charge on any atom is 0.338 e. The molecule has 0 heterocycles. The van der Waals surface area contributed by atoms with Crippen molar-refractivity contribution in [2.24, 2.45) is 11.7 Å². The Hall–Kier alpha value is -1.10. The van der Waals surface area contributed by atoms with Crippen LogP contribution >= 0.6 is 0 Å². The Bertz CT molecular complexity index is 267. The second-order valence-corrected chi connectivity index (χ2v) is 4.83. The van der Waals surface area contributed by atoms with E-state index < -0.39 is 29.0 Å². The first-order valence-electron chi connectivity index (χ1n) is 4.77. The van der Waals surface area contributed by atoms with Crippen LogP contribution in [-0.4, -0.2) is 28.2 Å². The Balaban J connectivity index is 4.97. The molecule has 0 radical (unpaired) electrons. The normalized spacial score (nSPS) is 15.9. The summed E-state index contributed by atoms with van der Waals surface area (Å²) in [5.74, 6) is -2.81. The quantitative estimate of drug-likeness (QED) is 0.538. The number of ether oxygens (including phenoxy) is 1. The van der Waals surface area contributed by atoms with Gasteiger partial charge < -0.3 is 15.6 Å². The molecule has 0 aliphatic heterocycles. The third-order valence-corrected chi connectivity index (χ3v) is 2.00. The molecule has 0 aliphatic rings. The fraction of sp³-hybridized carbons (Fsp3) is 0.800. The van der Waals surface area contributed by atoms with Crippen LogP contribution in [0.15, 0.2) is 0 Å². The van der Waals surface area contributed by atoms with E-state index in [-0.39, 0.29) is 0 Å². The maximum absolute atomic E-state index is 11.6. The van der Waals surface area contributed by atoms with Gasteiger partial charge in [0.25, 0.3) is 0 Å². The van der Waals surface area contributed by atoms with Crippen molar-refractivity contribution in [3.05, 3.63) is 0 Å². The molecule has 1 atom stereocenters. The predicted molar refractivity (Wildman–Crippen MR) is 55.2 cm³/mol. The summed E-state index contributed by atoms with van der Waals surface area (Å²) < 4.78 is 4.98. The minimum absolute atomic E-state index is 0.537. The lowest BCUT2D eigenvalue weighted by molar-refractivity contribution is -0.171. The summed E-state index contributed by atoms with van der Waals surface area (Å²) in [6, 6.07) is 0. The van der Waals surface area contributed by atoms with Crippen molar-refractivity contribution in [2.45, 2.75) is 45.8 Å². The van der Waals surface area contributed by atoms with Crippen LogP contribution in [-0.2, 0) is 14.3 Å². The molecule has 0 aromatic heterocycles. The van der Waals surface area contributed by atoms with Crippen molar-refractivity contribution in [2.75, 3.05) is 0 Å². The lowest BCUT2D eigenvalue weighted by Gasteiger charge is -2.30. The molecule has 0 aromatic rings. The van der Waals surface area contributed by atoms with Crippen molar-refractivity contribution in [3.63, 3.8) is 0 Å². The van der Waals surface area contributed by atoms with Gasteiger partial charge in [-0.3, -0.25) is 0 Å². The highest BCUT2D eigenvalue weighted by molar-refractivity contribution is 6.04. The Labute approximate surface area is 89.6 Å². The summed E-state index contributed by atoms with van der Waals surface area (Å²) in [5.41, 5.74) is 2.84. The van der Waals surface area contributed by atoms with Crippen LogP contribution in [0.1, 0.15) is 34.6 Å². The van der Waals surface area contributed by atoms with Crippen LogP contribution in [0.3, 0.4) is 0 Å². The molecule has 0 aromatic carbocycles. The monoisotopic (exact) mass is 217 g/mol. The van der Waals surface area contributed by atoms with Crippen LogP contribution in [0.5, 0.6) is 0 Å². The Morgan fingerprint density at radius 2 is 1.67 bits per heavy atom. The Morgan fingerprint density at radius 1 is 1.27 bits per heavy atom. The minimum Gasteiger partial charge on any atom is -0.479 e. The number of hydrogen-bond acceptors (Lipinski definition) is 4. The van der Waals surface area contributed by atoms with Gasteiger partial charge in [-0.05, 0) is 26.7 Å². The lowest BCUT2D eigenvalue weighted by atomic mass is 9.87. The van der Waals surface area contributed by atoms with E-state index in [1.807, 2.05) is 0 Å². The topological polar surface area (TPSA) is 89.6 Å². The largest absolute Gasteiger partial charge is 0.479 e. The summed E-state index contributed by atoms with van der Waals surface area (Å²) in [6.45, 7) is 8.12. The molecule has 88 valence electrons. The summed E-state index contributed by atoms with van der Waals surface area (Å²) in [4.78, 5) is 22.6. The summed E-state index contributed by atoms with van der Waals surface area (Å²) in [7, 11) is 0. The van der Waals surface area contributed by atoms with Gasteiger partial charge in [-0.1, -0.05) is 13.8 Å². The standard InChI is InChI=1S/C10H19NO4/c1-6(2)10(11,7(12)13)8(14)15-9(3,4)5/h6H,11H2,1-5H3,(H,12,13)/t10-/m1/s1. The molecule has 0 aliphatic carbocycles. The van der Waals surface area contributed by atoms with E-state index in [1.165, 1.54) is 0 Å². The molecule has 3 N–H and O–H groups in total. The predicted octanol–water partition coefficient (Wildman–Crippen LogP) is 0.766. The summed E-state index contributed by atoms with van der Waals surface area (Å²) >= 11 is 0. The number of esters is 1. The highest BCUT2D eigenvalue weighted by atomic mass is 16.6. The van der Waals surface area contributed by atoms with Crippen LogP contribution in [0.2, 0.25) is 0 Å². The molecule has 0 fully saturated rings. The van der Waals surface area contributed by atoms with Crippen molar-refractivity contribution in [1.29, 1.82) is 0 Å². The molecule has 0 bridgehead atoms. The first-order valence-corrected chi connectivity index (χ1v) is 4.77. The van der Waals surface area contributed by atoms with Crippen molar-refractivity contribution < 1.29 is 19.4 Å². The van der Waals surface area contributed by atoms with Crippen LogP contribution in [0, 0.1) is 5.92 Å². The van der Waals surface area contributed by atoms with Crippen LogP contribution in [0.4, 0.5) is 0 Å². The number of carboxylic acid groups (broad SMARTS) is 1. The molecule has 0 saturated carbocycles. The number of carbonyl (C=O) groups is 2. The van der Waals surface area contributed by atoms with E-state index in [9.17, 15) is 9.59 Å². The molecule has 5 heteroatoms. The smallest absolute Gasteiger partial charge is 0.338 e. The molecule has 0 amide bonds. The molecule has 0 unspecified atom stereocenters. The van der Waals surface area contributed by atoms with Crippen LogP contribution in [0.25, 0.3) is 0 Å². The third kappa shape index (κ3) is 3.20. The number of nitrogens with two attached hydrogens (primary N) is 1. The zero-order chi connectivity index (χ0) is 12.4. The fourth-order valence-electron chi connectivity index (χ4n) is 0.932. The Morgan fingerprint density at radius 3 is 1.87 bits per heavy atom. The van der Waals surface area contributed by atoms with E-state index in [4.69, 9.17) is 15.6 Å². The van der Waals surface area contributed by atoms with Gasteiger partial charge in [0.1, 0.15) is 5.60 Å². The average Bonchev–Trinajstić information content (AvgIpc) is 1.98. The first-order chi connectivity index (χ1) is 6.51. The van der Waals surface area contributed by atoms with E-state index >= 15 is 0 Å². The van der Waals surface area contributed by atoms with Crippen molar-refractivity contribution in [3.8, 4) is 0 Å². The van der Waals surface area contributed by atoms with Gasteiger partial charge in [-0.2, -0.15) is 0 Å². The molecule has 15 heavy (non-hydrogen) atoms. The van der Waals surface area contributed by atoms with Gasteiger partial charge in [-0.25, -0.2) is 9.59 Å². The number of carbonyl (C=O) groups excluding carboxylic acids is 1. The molecule has 0 saturated heterocycles. The molecule has 5 nitrogen and oxygen atoms in total. The van der Waals surface area contributed by atoms with Gasteiger partial charge in [-0.15, -0.1) is 0 Å². The summed E-state index contributed by atoms with van der Waals surface area (Å²) in [5, 5.41) is 8.94. The first kappa shape index (κ1) is 13.9. The molecular formula is C10H19NO4. The zero-order valence-electron chi connectivity index (χ0n) is 9.83. The van der Waals surface area contributed by atoms with Gasteiger partial charge >= 0.3 is 11.9 Å². The van der Waals surface area contributed by atoms with E-state index in [1.54, 1.807) is 34.6 Å². The maximum atomic E-state index is 11.6. The number of hydrogen-bond donors (Lipinski definition) is 2. The molecular weight excluding hydrogens is 198 g/mol. The van der Waals surface area contributed by atoms with Gasteiger partial charge in [0.2, 0.25) is 5.54 Å². The SMILES string of the molecule is CC(C)[C@@](N)(C(=O)O)C(=O)OC(C)(C)C. The minimum atomic E-state index is -1.98.